The summed E-state index contributed by atoms with van der Waals surface area (Å²) in [5, 5.41) is 10.1. The summed E-state index contributed by atoms with van der Waals surface area (Å²) in [7, 11) is 0. The molecule has 10 heteroatoms. The van der Waals surface area contributed by atoms with Gasteiger partial charge in [0.2, 0.25) is 5.91 Å². The minimum atomic E-state index is -4.67. The van der Waals surface area contributed by atoms with E-state index in [1.807, 2.05) is 24.4 Å². The number of hydrogen-bond donors (Lipinski definition) is 2. The second-order valence-corrected chi connectivity index (χ2v) is 9.61. The van der Waals surface area contributed by atoms with Gasteiger partial charge in [-0.05, 0) is 54.6 Å². The molecular weight excluding hydrogens is 471 g/mol. The van der Waals surface area contributed by atoms with Gasteiger partial charge in [0.25, 0.3) is 5.91 Å². The maximum atomic E-state index is 13.5. The summed E-state index contributed by atoms with van der Waals surface area (Å²) < 4.78 is 40.5. The number of likely N-dealkylation sites (tertiary alicyclic amines) is 1. The number of nitrogens with two attached hydrogens (primary N) is 1. The summed E-state index contributed by atoms with van der Waals surface area (Å²) in [6, 6.07) is 12.6. The van der Waals surface area contributed by atoms with Gasteiger partial charge < -0.3 is 20.5 Å². The van der Waals surface area contributed by atoms with Gasteiger partial charge in [0.15, 0.2) is 0 Å². The Bertz CT molecular complexity index is 1380. The maximum absolute atomic E-state index is 13.5. The lowest BCUT2D eigenvalue weighted by Gasteiger charge is -2.41. The lowest BCUT2D eigenvalue weighted by atomic mass is 9.70. The van der Waals surface area contributed by atoms with E-state index in [1.54, 1.807) is 21.9 Å². The molecule has 1 spiro atoms. The number of benzene rings is 2. The lowest BCUT2D eigenvalue weighted by Crippen LogP contribution is -2.49. The van der Waals surface area contributed by atoms with Crippen LogP contribution in [0.5, 0.6) is 0 Å². The van der Waals surface area contributed by atoms with Gasteiger partial charge in [-0.15, -0.1) is 0 Å². The molecule has 3 N–H and O–H groups in total. The van der Waals surface area contributed by atoms with Crippen LogP contribution in [0.25, 0.3) is 10.9 Å². The van der Waals surface area contributed by atoms with Gasteiger partial charge in [-0.3, -0.25) is 9.59 Å². The number of carbonyl (C=O) groups is 2. The summed E-state index contributed by atoms with van der Waals surface area (Å²) in [5.74, 6) is -1.16. The van der Waals surface area contributed by atoms with Crippen LogP contribution in [0.2, 0.25) is 0 Å². The van der Waals surface area contributed by atoms with Crippen molar-refractivity contribution in [2.24, 2.45) is 17.1 Å². The van der Waals surface area contributed by atoms with Crippen LogP contribution in [-0.4, -0.2) is 47.9 Å². The number of H-pyrrole nitrogens is 1. The first kappa shape index (κ1) is 23.7. The number of rotatable bonds is 3. The number of primary amides is 1. The molecule has 186 valence electrons. The van der Waals surface area contributed by atoms with Gasteiger partial charge in [-0.25, -0.2) is 0 Å². The Morgan fingerprint density at radius 2 is 1.86 bits per heavy atom. The van der Waals surface area contributed by atoms with E-state index in [0.29, 0.717) is 43.7 Å². The fourth-order valence-corrected chi connectivity index (χ4v) is 5.64. The second kappa shape index (κ2) is 8.59. The molecule has 0 aliphatic carbocycles. The molecular formula is C26H24F3N5O2. The Morgan fingerprint density at radius 3 is 2.53 bits per heavy atom. The number of alkyl halides is 3. The van der Waals surface area contributed by atoms with Crippen molar-refractivity contribution in [2.45, 2.75) is 19.0 Å². The van der Waals surface area contributed by atoms with E-state index < -0.39 is 34.5 Å². The first-order valence-electron chi connectivity index (χ1n) is 11.6. The maximum Gasteiger partial charge on any atom is 0.417 e. The molecule has 7 nitrogen and oxygen atoms in total. The van der Waals surface area contributed by atoms with E-state index in [2.05, 4.69) is 4.98 Å². The van der Waals surface area contributed by atoms with Crippen LogP contribution in [0.1, 0.15) is 34.3 Å². The second-order valence-electron chi connectivity index (χ2n) is 9.61. The number of amides is 2. The van der Waals surface area contributed by atoms with Crippen molar-refractivity contribution in [2.75, 3.05) is 31.1 Å². The molecule has 1 atom stereocenters. The van der Waals surface area contributed by atoms with Gasteiger partial charge in [0, 0.05) is 54.6 Å². The number of hydrogen-bond acceptors (Lipinski definition) is 4. The molecule has 2 saturated heterocycles. The van der Waals surface area contributed by atoms with E-state index in [1.165, 1.54) is 6.07 Å². The van der Waals surface area contributed by atoms with Gasteiger partial charge in [-0.1, -0.05) is 6.07 Å². The van der Waals surface area contributed by atoms with Crippen molar-refractivity contribution in [3.05, 3.63) is 65.4 Å². The molecule has 2 amide bonds. The van der Waals surface area contributed by atoms with Crippen molar-refractivity contribution < 1.29 is 22.8 Å². The number of nitrogens with one attached hydrogen (secondary N) is 1. The average molecular weight is 496 g/mol. The fourth-order valence-electron chi connectivity index (χ4n) is 5.64. The summed E-state index contributed by atoms with van der Waals surface area (Å²) >= 11 is 0. The molecule has 0 saturated carbocycles. The third kappa shape index (κ3) is 4.04. The van der Waals surface area contributed by atoms with Crippen LogP contribution < -0.4 is 10.6 Å². The zero-order chi connectivity index (χ0) is 25.7. The van der Waals surface area contributed by atoms with Crippen LogP contribution in [-0.2, 0) is 11.0 Å². The van der Waals surface area contributed by atoms with Crippen molar-refractivity contribution in [3.8, 4) is 6.07 Å². The van der Waals surface area contributed by atoms with E-state index in [-0.39, 0.29) is 12.5 Å². The van der Waals surface area contributed by atoms with E-state index in [0.717, 1.165) is 23.0 Å². The molecule has 1 aromatic heterocycles. The summed E-state index contributed by atoms with van der Waals surface area (Å²) in [5.41, 5.74) is 5.48. The molecule has 2 aliphatic heterocycles. The van der Waals surface area contributed by atoms with Crippen molar-refractivity contribution >= 4 is 28.4 Å². The minimum Gasteiger partial charge on any atom is -0.370 e. The molecule has 0 bridgehead atoms. The zero-order valence-electron chi connectivity index (χ0n) is 19.3. The number of nitrogens with zero attached hydrogens (tertiary/aromatic N) is 3. The Morgan fingerprint density at radius 1 is 1.11 bits per heavy atom. The largest absolute Gasteiger partial charge is 0.417 e. The SMILES string of the molecule is N#Cc1ccc(N2CC(C(N)=O)C3(CCN(C(=O)c4ccc5cc[nH]c5c4)CC3)C2)cc1C(F)(F)F. The average Bonchev–Trinajstić information content (AvgIpc) is 3.48. The summed E-state index contributed by atoms with van der Waals surface area (Å²) in [4.78, 5) is 32.1. The Labute approximate surface area is 205 Å². The van der Waals surface area contributed by atoms with Crippen LogP contribution in [0.15, 0.2) is 48.7 Å². The predicted molar refractivity (Wildman–Crippen MR) is 127 cm³/mol. The Balaban J connectivity index is 1.35. The Kier molecular flexibility index (Phi) is 5.66. The third-order valence-corrected chi connectivity index (χ3v) is 7.63. The van der Waals surface area contributed by atoms with E-state index in [4.69, 9.17) is 11.0 Å². The highest BCUT2D eigenvalue weighted by atomic mass is 19.4. The van der Waals surface area contributed by atoms with E-state index >= 15 is 0 Å². The van der Waals surface area contributed by atoms with E-state index in [9.17, 15) is 22.8 Å². The monoisotopic (exact) mass is 495 g/mol. The van der Waals surface area contributed by atoms with Crippen molar-refractivity contribution in [1.29, 1.82) is 5.26 Å². The first-order chi connectivity index (χ1) is 17.1. The van der Waals surface area contributed by atoms with Crippen LogP contribution in [0.4, 0.5) is 18.9 Å². The predicted octanol–water partition coefficient (Wildman–Crippen LogP) is 3.90. The molecule has 2 aromatic carbocycles. The number of carbonyl (C=O) groups excluding carboxylic acids is 2. The van der Waals surface area contributed by atoms with Gasteiger partial charge in [0.1, 0.15) is 0 Å². The fraction of sp³-hybridized carbons (Fsp3) is 0.346. The molecule has 0 radical (unpaired) electrons. The molecule has 2 aliphatic rings. The summed E-state index contributed by atoms with van der Waals surface area (Å²) in [6.45, 7) is 1.37. The van der Waals surface area contributed by atoms with Crippen molar-refractivity contribution in [1.82, 2.24) is 9.88 Å². The van der Waals surface area contributed by atoms with Gasteiger partial charge in [-0.2, -0.15) is 18.4 Å². The normalized spacial score (nSPS) is 19.6. The quantitative estimate of drug-likeness (QED) is 0.575. The lowest BCUT2D eigenvalue weighted by molar-refractivity contribution is -0.137. The number of aromatic amines is 1. The number of halogens is 3. The molecule has 1 unspecified atom stereocenters. The number of nitriles is 1. The standard InChI is InChI=1S/C26H24F3N5O2/c27-26(28,29)20-12-19(4-3-18(20)13-30)34-14-21(23(31)35)25(15-34)6-9-33(10-7-25)24(36)17-2-1-16-5-8-32-22(16)11-17/h1-5,8,11-12,21,32H,6-7,9-10,14-15H2,(H2,31,35). The molecule has 3 aromatic rings. The molecule has 5 rings (SSSR count). The highest BCUT2D eigenvalue weighted by Crippen LogP contribution is 2.47. The van der Waals surface area contributed by atoms with Gasteiger partial charge in [0.05, 0.1) is 23.1 Å². The number of aromatic nitrogens is 1. The van der Waals surface area contributed by atoms with Gasteiger partial charge >= 0.3 is 6.18 Å². The molecule has 36 heavy (non-hydrogen) atoms. The smallest absolute Gasteiger partial charge is 0.370 e. The number of anilines is 1. The number of fused-ring (bicyclic) bond motifs is 1. The van der Waals surface area contributed by atoms with Crippen molar-refractivity contribution in [3.63, 3.8) is 0 Å². The number of piperidine rings is 1. The summed E-state index contributed by atoms with van der Waals surface area (Å²) in [6.07, 6.45) is -1.84. The highest BCUT2D eigenvalue weighted by molar-refractivity contribution is 5.98. The topological polar surface area (TPSA) is 106 Å². The third-order valence-electron chi connectivity index (χ3n) is 7.63. The van der Waals surface area contributed by atoms with Crippen LogP contribution in [0, 0.1) is 22.7 Å². The van der Waals surface area contributed by atoms with Crippen LogP contribution >= 0.6 is 0 Å². The molecule has 3 heterocycles. The first-order valence-corrected chi connectivity index (χ1v) is 11.6. The van der Waals surface area contributed by atoms with Crippen LogP contribution in [0.3, 0.4) is 0 Å². The highest BCUT2D eigenvalue weighted by Gasteiger charge is 2.51. The minimum absolute atomic E-state index is 0.103. The zero-order valence-corrected chi connectivity index (χ0v) is 19.3. The molecule has 2 fully saturated rings. The Hall–Kier alpha value is -4.00.